The van der Waals surface area contributed by atoms with Gasteiger partial charge in [0.1, 0.15) is 5.78 Å². The van der Waals surface area contributed by atoms with E-state index in [0.29, 0.717) is 30.5 Å². The maximum atomic E-state index is 12.7. The van der Waals surface area contributed by atoms with E-state index in [-0.39, 0.29) is 12.3 Å². The molecule has 3 rings (SSSR count). The first-order chi connectivity index (χ1) is 13.6. The highest BCUT2D eigenvalue weighted by atomic mass is 32.2. The zero-order valence-corrected chi connectivity index (χ0v) is 17.6. The SMILES string of the molecule is CC(C(=O)CC[C@@H]1[C@H](CC=CCCCC(=O)O)[C@@H]2CC[C@H]1S2)c1ccccc1. The zero-order chi connectivity index (χ0) is 19.9. The molecule has 3 nitrogen and oxygen atoms in total. The molecule has 1 N–H and O–H groups in total. The molecule has 2 bridgehead atoms. The molecule has 2 heterocycles. The monoisotopic (exact) mass is 400 g/mol. The Labute approximate surface area is 173 Å². The van der Waals surface area contributed by atoms with E-state index in [1.807, 2.05) is 37.3 Å². The number of benzene rings is 1. The van der Waals surface area contributed by atoms with Crippen molar-refractivity contribution in [1.82, 2.24) is 0 Å². The molecule has 0 aromatic heterocycles. The Hall–Kier alpha value is -1.55. The highest BCUT2D eigenvalue weighted by Crippen LogP contribution is 2.55. The fraction of sp³-hybridized carbons (Fsp3) is 0.583. The second-order valence-corrected chi connectivity index (χ2v) is 9.73. The van der Waals surface area contributed by atoms with Crippen molar-refractivity contribution >= 4 is 23.5 Å². The first-order valence-electron chi connectivity index (χ1n) is 10.7. The average molecular weight is 401 g/mol. The highest BCUT2D eigenvalue weighted by Gasteiger charge is 2.47. The number of Topliss-reactive ketones (excluding diaryl/α,β-unsaturated/α-hetero) is 1. The normalized spacial score (nSPS) is 27.3. The quantitative estimate of drug-likeness (QED) is 0.374. The number of hydrogen-bond donors (Lipinski definition) is 1. The van der Waals surface area contributed by atoms with Crippen LogP contribution in [0.4, 0.5) is 0 Å². The maximum absolute atomic E-state index is 12.7. The third-order valence-electron chi connectivity index (χ3n) is 6.43. The maximum Gasteiger partial charge on any atom is 0.303 e. The summed E-state index contributed by atoms with van der Waals surface area (Å²) in [5.74, 6) is 0.966. The summed E-state index contributed by atoms with van der Waals surface area (Å²) >= 11 is 2.15. The molecule has 5 atom stereocenters. The first-order valence-corrected chi connectivity index (χ1v) is 11.6. The Morgan fingerprint density at radius 2 is 1.82 bits per heavy atom. The van der Waals surface area contributed by atoms with Crippen LogP contribution in [0.15, 0.2) is 42.5 Å². The number of allylic oxidation sites excluding steroid dienone is 2. The van der Waals surface area contributed by atoms with Gasteiger partial charge in [-0.05, 0) is 55.9 Å². The van der Waals surface area contributed by atoms with Crippen LogP contribution in [0, 0.1) is 11.8 Å². The zero-order valence-electron chi connectivity index (χ0n) is 16.8. The van der Waals surface area contributed by atoms with Gasteiger partial charge in [0.25, 0.3) is 0 Å². The molecule has 1 aromatic carbocycles. The van der Waals surface area contributed by atoms with Crippen molar-refractivity contribution < 1.29 is 14.7 Å². The number of rotatable bonds is 11. The van der Waals surface area contributed by atoms with Crippen LogP contribution in [-0.4, -0.2) is 27.4 Å². The molecule has 0 aliphatic carbocycles. The van der Waals surface area contributed by atoms with Crippen LogP contribution in [0.5, 0.6) is 0 Å². The lowest BCUT2D eigenvalue weighted by Crippen LogP contribution is -2.27. The van der Waals surface area contributed by atoms with Gasteiger partial charge < -0.3 is 5.11 Å². The number of unbranched alkanes of at least 4 members (excludes halogenated alkanes) is 1. The third-order valence-corrected chi connectivity index (χ3v) is 8.30. The Balaban J connectivity index is 1.48. The smallest absolute Gasteiger partial charge is 0.303 e. The van der Waals surface area contributed by atoms with Crippen molar-refractivity contribution in [2.75, 3.05) is 0 Å². The van der Waals surface area contributed by atoms with Gasteiger partial charge in [-0.2, -0.15) is 11.8 Å². The molecule has 28 heavy (non-hydrogen) atoms. The lowest BCUT2D eigenvalue weighted by molar-refractivity contribution is -0.137. The number of hydrogen-bond acceptors (Lipinski definition) is 3. The molecule has 2 aliphatic heterocycles. The van der Waals surface area contributed by atoms with E-state index in [1.54, 1.807) is 0 Å². The van der Waals surface area contributed by atoms with E-state index in [9.17, 15) is 9.59 Å². The number of carbonyl (C=O) groups is 2. The second-order valence-electron chi connectivity index (χ2n) is 8.25. The van der Waals surface area contributed by atoms with Gasteiger partial charge in [0.2, 0.25) is 0 Å². The van der Waals surface area contributed by atoms with Crippen molar-refractivity contribution in [3.05, 3.63) is 48.0 Å². The third kappa shape index (κ3) is 5.50. The van der Waals surface area contributed by atoms with E-state index in [2.05, 4.69) is 23.9 Å². The predicted molar refractivity (Wildman–Crippen MR) is 116 cm³/mol. The number of carboxylic acids is 1. The topological polar surface area (TPSA) is 54.4 Å². The summed E-state index contributed by atoms with van der Waals surface area (Å²) in [5.41, 5.74) is 1.12. The lowest BCUT2D eigenvalue weighted by atomic mass is 9.74. The average Bonchev–Trinajstić information content (AvgIpc) is 3.30. The summed E-state index contributed by atoms with van der Waals surface area (Å²) < 4.78 is 0. The minimum Gasteiger partial charge on any atom is -0.481 e. The molecule has 0 spiro atoms. The van der Waals surface area contributed by atoms with Gasteiger partial charge in [-0.15, -0.1) is 0 Å². The first kappa shape index (κ1) is 21.2. The molecule has 2 aliphatic rings. The fourth-order valence-electron chi connectivity index (χ4n) is 4.79. The molecular formula is C24H32O3S. The standard InChI is InChI=1S/C24H32O3S/c1-17(18-9-5-4-6-10-18)21(25)14-13-20-19(22-15-16-23(20)28-22)11-7-2-3-8-12-24(26)27/h2,4-7,9-10,17,19-20,22-23H,3,8,11-16H2,1H3,(H,26,27)/t17?,19-,20+,22-,23+/m0/s1. The van der Waals surface area contributed by atoms with Crippen LogP contribution in [-0.2, 0) is 9.59 Å². The second kappa shape index (κ2) is 10.3. The van der Waals surface area contributed by atoms with Crippen LogP contribution >= 0.6 is 11.8 Å². The predicted octanol–water partition coefficient (Wildman–Crippen LogP) is 5.85. The number of thioether (sulfide) groups is 1. The molecule has 152 valence electrons. The highest BCUT2D eigenvalue weighted by molar-refractivity contribution is 8.01. The van der Waals surface area contributed by atoms with Gasteiger partial charge in [0.05, 0.1) is 0 Å². The van der Waals surface area contributed by atoms with Gasteiger partial charge in [-0.1, -0.05) is 49.4 Å². The van der Waals surface area contributed by atoms with Gasteiger partial charge >= 0.3 is 5.97 Å². The largest absolute Gasteiger partial charge is 0.481 e. The summed E-state index contributed by atoms with van der Waals surface area (Å²) in [6.45, 7) is 2.03. The van der Waals surface area contributed by atoms with Crippen LogP contribution < -0.4 is 0 Å². The van der Waals surface area contributed by atoms with Gasteiger partial charge in [-0.3, -0.25) is 9.59 Å². The summed E-state index contributed by atoms with van der Waals surface area (Å²) in [5, 5.41) is 10.2. The number of carbonyl (C=O) groups excluding carboxylic acids is 1. The number of ketones is 1. The molecule has 0 saturated carbocycles. The minimum absolute atomic E-state index is 0.0139. The van der Waals surface area contributed by atoms with Crippen molar-refractivity contribution in [2.24, 2.45) is 11.8 Å². The Morgan fingerprint density at radius 1 is 1.11 bits per heavy atom. The Bertz CT molecular complexity index is 684. The van der Waals surface area contributed by atoms with Crippen molar-refractivity contribution in [1.29, 1.82) is 0 Å². The molecule has 2 saturated heterocycles. The van der Waals surface area contributed by atoms with Crippen molar-refractivity contribution in [3.63, 3.8) is 0 Å². The van der Waals surface area contributed by atoms with Crippen LogP contribution in [0.1, 0.15) is 69.8 Å². The number of aliphatic carboxylic acids is 1. The lowest BCUT2D eigenvalue weighted by Gasteiger charge is -2.29. The van der Waals surface area contributed by atoms with E-state index in [1.165, 1.54) is 12.8 Å². The fourth-order valence-corrected chi connectivity index (χ4v) is 6.84. The molecule has 0 amide bonds. The molecular weight excluding hydrogens is 368 g/mol. The van der Waals surface area contributed by atoms with E-state index in [4.69, 9.17) is 5.11 Å². The van der Waals surface area contributed by atoms with Crippen molar-refractivity contribution in [2.45, 2.75) is 74.7 Å². The van der Waals surface area contributed by atoms with E-state index in [0.717, 1.165) is 35.3 Å². The number of carboxylic acid groups (broad SMARTS) is 1. The molecule has 2 fully saturated rings. The van der Waals surface area contributed by atoms with Gasteiger partial charge in [0, 0.05) is 29.3 Å². The molecule has 0 radical (unpaired) electrons. The van der Waals surface area contributed by atoms with Crippen molar-refractivity contribution in [3.8, 4) is 0 Å². The van der Waals surface area contributed by atoms with Crippen LogP contribution in [0.25, 0.3) is 0 Å². The minimum atomic E-state index is -0.715. The molecule has 1 unspecified atom stereocenters. The van der Waals surface area contributed by atoms with E-state index < -0.39 is 5.97 Å². The summed E-state index contributed by atoms with van der Waals surface area (Å²) in [6.07, 6.45) is 11.6. The van der Waals surface area contributed by atoms with Crippen LogP contribution in [0.3, 0.4) is 0 Å². The summed E-state index contributed by atoms with van der Waals surface area (Å²) in [4.78, 5) is 23.3. The van der Waals surface area contributed by atoms with Gasteiger partial charge in [0.15, 0.2) is 0 Å². The summed E-state index contributed by atoms with van der Waals surface area (Å²) in [6, 6.07) is 10.1. The Morgan fingerprint density at radius 3 is 2.54 bits per heavy atom. The van der Waals surface area contributed by atoms with E-state index >= 15 is 0 Å². The number of fused-ring (bicyclic) bond motifs is 2. The summed E-state index contributed by atoms with van der Waals surface area (Å²) in [7, 11) is 0. The Kier molecular flexibility index (Phi) is 7.78. The molecule has 4 heteroatoms. The van der Waals surface area contributed by atoms with Crippen LogP contribution in [0.2, 0.25) is 0 Å². The van der Waals surface area contributed by atoms with Gasteiger partial charge in [-0.25, -0.2) is 0 Å². The molecule has 1 aromatic rings.